The highest BCUT2D eigenvalue weighted by atomic mass is 35.5. The van der Waals surface area contributed by atoms with E-state index in [1.54, 1.807) is 25.3 Å². The first-order valence-corrected chi connectivity index (χ1v) is 9.73. The number of carbonyl (C=O) groups excluding carboxylic acids is 1. The van der Waals surface area contributed by atoms with E-state index >= 15 is 0 Å². The molecule has 1 aromatic carbocycles. The van der Waals surface area contributed by atoms with E-state index in [0.29, 0.717) is 22.4 Å². The van der Waals surface area contributed by atoms with Crippen molar-refractivity contribution < 1.29 is 9.53 Å². The summed E-state index contributed by atoms with van der Waals surface area (Å²) in [6.07, 6.45) is 2.25. The van der Waals surface area contributed by atoms with Crippen LogP contribution in [-0.4, -0.2) is 80.7 Å². The highest BCUT2D eigenvalue weighted by Gasteiger charge is 2.26. The largest absolute Gasteiger partial charge is 0.495 e. The third-order valence-corrected chi connectivity index (χ3v) is 5.56. The number of carbonyl (C=O) groups is 1. The van der Waals surface area contributed by atoms with Gasteiger partial charge < -0.3 is 24.8 Å². The fourth-order valence-corrected chi connectivity index (χ4v) is 3.94. The molecule has 2 fully saturated rings. The van der Waals surface area contributed by atoms with E-state index in [4.69, 9.17) is 16.3 Å². The number of amides is 2. The van der Waals surface area contributed by atoms with Crippen LogP contribution < -0.4 is 10.1 Å². The van der Waals surface area contributed by atoms with Crippen LogP contribution in [0.2, 0.25) is 5.02 Å². The molecule has 2 aliphatic heterocycles. The molecule has 0 aromatic heterocycles. The molecule has 7 heteroatoms. The van der Waals surface area contributed by atoms with Crippen LogP contribution in [0.5, 0.6) is 5.75 Å². The number of nitrogens with one attached hydrogen (secondary N) is 1. The number of piperidine rings is 1. The predicted molar refractivity (Wildman–Crippen MR) is 105 cm³/mol. The second-order valence-corrected chi connectivity index (χ2v) is 7.77. The number of likely N-dealkylation sites (tertiary alicyclic amines) is 1. The molecule has 1 N–H and O–H groups in total. The normalized spacial score (nSPS) is 22.3. The molecule has 1 aromatic rings. The van der Waals surface area contributed by atoms with E-state index in [1.165, 1.54) is 6.42 Å². The van der Waals surface area contributed by atoms with E-state index in [2.05, 4.69) is 22.2 Å². The van der Waals surface area contributed by atoms with Gasteiger partial charge >= 0.3 is 6.03 Å². The lowest BCUT2D eigenvalue weighted by molar-refractivity contribution is 0.109. The smallest absolute Gasteiger partial charge is 0.321 e. The number of nitrogens with zero attached hydrogens (tertiary/aromatic N) is 3. The molecular formula is C19H29ClN4O2. The summed E-state index contributed by atoms with van der Waals surface area (Å²) >= 11 is 6.06. The van der Waals surface area contributed by atoms with Crippen LogP contribution in [0.15, 0.2) is 18.2 Å². The van der Waals surface area contributed by atoms with Gasteiger partial charge in [-0.3, -0.25) is 0 Å². The lowest BCUT2D eigenvalue weighted by atomic mass is 9.97. The summed E-state index contributed by atoms with van der Waals surface area (Å²) in [6, 6.07) is 5.17. The molecule has 2 aliphatic rings. The standard InChI is InChI=1S/C19H29ClN4O2/c1-22-8-10-23(11-9-22)13-15-4-3-7-24(14-15)19(25)21-17-12-16(20)5-6-18(17)26-2/h5-6,12,15H,3-4,7-11,13-14H2,1-2H3,(H,21,25)/t15-/m0/s1. The molecule has 2 heterocycles. The Morgan fingerprint density at radius 2 is 2.04 bits per heavy atom. The summed E-state index contributed by atoms with van der Waals surface area (Å²) in [5.74, 6) is 1.16. The fraction of sp³-hybridized carbons (Fsp3) is 0.632. The van der Waals surface area contributed by atoms with E-state index in [0.717, 1.165) is 52.2 Å². The minimum Gasteiger partial charge on any atom is -0.495 e. The topological polar surface area (TPSA) is 48.1 Å². The number of piperazine rings is 1. The van der Waals surface area contributed by atoms with Crippen molar-refractivity contribution in [2.24, 2.45) is 5.92 Å². The Morgan fingerprint density at radius 1 is 1.27 bits per heavy atom. The minimum atomic E-state index is -0.0753. The predicted octanol–water partition coefficient (Wildman–Crippen LogP) is 2.84. The zero-order valence-electron chi connectivity index (χ0n) is 15.7. The summed E-state index contributed by atoms with van der Waals surface area (Å²) in [5, 5.41) is 3.54. The van der Waals surface area contributed by atoms with Crippen LogP contribution in [0.25, 0.3) is 0 Å². The van der Waals surface area contributed by atoms with E-state index in [9.17, 15) is 4.79 Å². The average molecular weight is 381 g/mol. The van der Waals surface area contributed by atoms with Crippen LogP contribution >= 0.6 is 11.6 Å². The summed E-state index contributed by atoms with van der Waals surface area (Å²) in [7, 11) is 3.76. The van der Waals surface area contributed by atoms with Gasteiger partial charge in [-0.05, 0) is 44.0 Å². The van der Waals surface area contributed by atoms with Crippen molar-refractivity contribution in [2.75, 3.05) is 65.3 Å². The van der Waals surface area contributed by atoms with Gasteiger partial charge in [-0.15, -0.1) is 0 Å². The molecule has 0 aliphatic carbocycles. The molecule has 1 atom stereocenters. The highest BCUT2D eigenvalue weighted by Crippen LogP contribution is 2.28. The van der Waals surface area contributed by atoms with Crippen LogP contribution in [0.3, 0.4) is 0 Å². The molecule has 2 saturated heterocycles. The second kappa shape index (κ2) is 8.93. The van der Waals surface area contributed by atoms with E-state index in [-0.39, 0.29) is 6.03 Å². The first-order valence-electron chi connectivity index (χ1n) is 9.35. The Kier molecular flexibility index (Phi) is 6.62. The molecule has 6 nitrogen and oxygen atoms in total. The molecule has 0 saturated carbocycles. The molecule has 0 radical (unpaired) electrons. The molecule has 26 heavy (non-hydrogen) atoms. The zero-order chi connectivity index (χ0) is 18.5. The molecule has 2 amide bonds. The first kappa shape index (κ1) is 19.3. The molecule has 0 bridgehead atoms. The quantitative estimate of drug-likeness (QED) is 0.872. The van der Waals surface area contributed by atoms with E-state index in [1.807, 2.05) is 4.90 Å². The number of benzene rings is 1. The third-order valence-electron chi connectivity index (χ3n) is 5.32. The lowest BCUT2D eigenvalue weighted by Gasteiger charge is -2.38. The maximum atomic E-state index is 12.7. The number of methoxy groups -OCH3 is 1. The van der Waals surface area contributed by atoms with Crippen LogP contribution in [0.1, 0.15) is 12.8 Å². The number of hydrogen-bond donors (Lipinski definition) is 1. The average Bonchev–Trinajstić information content (AvgIpc) is 2.64. The third kappa shape index (κ3) is 5.02. The van der Waals surface area contributed by atoms with E-state index < -0.39 is 0 Å². The second-order valence-electron chi connectivity index (χ2n) is 7.33. The van der Waals surface area contributed by atoms with Crippen LogP contribution in [0, 0.1) is 5.92 Å². The maximum absolute atomic E-state index is 12.7. The number of likely N-dealkylation sites (N-methyl/N-ethyl adjacent to an activating group) is 1. The molecular weight excluding hydrogens is 352 g/mol. The Morgan fingerprint density at radius 3 is 2.77 bits per heavy atom. The van der Waals surface area contributed by atoms with Gasteiger partial charge in [-0.25, -0.2) is 4.79 Å². The van der Waals surface area contributed by atoms with Gasteiger partial charge in [0.1, 0.15) is 5.75 Å². The number of rotatable bonds is 4. The van der Waals surface area contributed by atoms with Gasteiger partial charge in [-0.2, -0.15) is 0 Å². The van der Waals surface area contributed by atoms with Gasteiger partial charge in [0, 0.05) is 50.8 Å². The summed E-state index contributed by atoms with van der Waals surface area (Å²) < 4.78 is 5.32. The SMILES string of the molecule is COc1ccc(Cl)cc1NC(=O)N1CCC[C@@H](CN2CCN(C)CC2)C1. The number of halogens is 1. The van der Waals surface area contributed by atoms with Gasteiger partial charge in [0.2, 0.25) is 0 Å². The lowest BCUT2D eigenvalue weighted by Crippen LogP contribution is -2.49. The number of anilines is 1. The van der Waals surface area contributed by atoms with Crippen molar-refractivity contribution >= 4 is 23.3 Å². The van der Waals surface area contributed by atoms with Crippen LogP contribution in [-0.2, 0) is 0 Å². The maximum Gasteiger partial charge on any atom is 0.321 e. The Hall–Kier alpha value is -1.50. The Labute approximate surface area is 161 Å². The Bertz CT molecular complexity index is 620. The van der Waals surface area contributed by atoms with Crippen LogP contribution in [0.4, 0.5) is 10.5 Å². The monoisotopic (exact) mass is 380 g/mol. The number of hydrogen-bond acceptors (Lipinski definition) is 4. The molecule has 0 spiro atoms. The van der Waals surface area contributed by atoms with Crippen molar-refractivity contribution in [3.05, 3.63) is 23.2 Å². The summed E-state index contributed by atoms with van der Waals surface area (Å²) in [5.41, 5.74) is 0.617. The molecule has 3 rings (SSSR count). The minimum absolute atomic E-state index is 0.0753. The summed E-state index contributed by atoms with van der Waals surface area (Å²) in [6.45, 7) is 7.20. The first-order chi connectivity index (χ1) is 12.5. The van der Waals surface area contributed by atoms with Gasteiger partial charge in [0.25, 0.3) is 0 Å². The van der Waals surface area contributed by atoms with Crippen molar-refractivity contribution in [3.8, 4) is 5.75 Å². The van der Waals surface area contributed by atoms with Crippen molar-refractivity contribution in [1.82, 2.24) is 14.7 Å². The molecule has 0 unspecified atom stereocenters. The zero-order valence-corrected chi connectivity index (χ0v) is 16.5. The molecule has 144 valence electrons. The van der Waals surface area contributed by atoms with Crippen molar-refractivity contribution in [2.45, 2.75) is 12.8 Å². The highest BCUT2D eigenvalue weighted by molar-refractivity contribution is 6.31. The van der Waals surface area contributed by atoms with Gasteiger partial charge in [-0.1, -0.05) is 11.6 Å². The number of urea groups is 1. The number of ether oxygens (including phenoxy) is 1. The fourth-order valence-electron chi connectivity index (χ4n) is 3.77. The van der Waals surface area contributed by atoms with Gasteiger partial charge in [0.05, 0.1) is 12.8 Å². The summed E-state index contributed by atoms with van der Waals surface area (Å²) in [4.78, 5) is 19.5. The van der Waals surface area contributed by atoms with Crippen molar-refractivity contribution in [1.29, 1.82) is 0 Å². The van der Waals surface area contributed by atoms with Gasteiger partial charge in [0.15, 0.2) is 0 Å². The van der Waals surface area contributed by atoms with Crippen molar-refractivity contribution in [3.63, 3.8) is 0 Å². The Balaban J connectivity index is 1.55.